The number of ether oxygens (including phenoxy) is 2. The maximum Gasteiger partial charge on any atom is 0.142 e. The van der Waals surface area contributed by atoms with E-state index in [1.54, 1.807) is 7.11 Å². The number of hydrogen-bond donors (Lipinski definition) is 1. The number of hydrogen-bond acceptors (Lipinski definition) is 4. The quantitative estimate of drug-likeness (QED) is 0.859. The van der Waals surface area contributed by atoms with Gasteiger partial charge < -0.3 is 19.7 Å². The van der Waals surface area contributed by atoms with Crippen LogP contribution in [0, 0.1) is 0 Å². The van der Waals surface area contributed by atoms with Crippen LogP contribution in [0.15, 0.2) is 24.3 Å². The van der Waals surface area contributed by atoms with E-state index in [1.165, 1.54) is 5.69 Å². The standard InChI is InChI=1S/C14H22N2O2/c1-15-10-12(11-17-2)16-8-5-9-18-14-7-4-3-6-13(14)16/h3-4,6-7,12,15H,5,8-11H2,1-2H3. The topological polar surface area (TPSA) is 33.7 Å². The highest BCUT2D eigenvalue weighted by Gasteiger charge is 2.23. The van der Waals surface area contributed by atoms with Crippen molar-refractivity contribution in [1.29, 1.82) is 0 Å². The van der Waals surface area contributed by atoms with Crippen LogP contribution in [-0.4, -0.2) is 46.5 Å². The van der Waals surface area contributed by atoms with Crippen molar-refractivity contribution in [3.63, 3.8) is 0 Å². The molecule has 0 radical (unpaired) electrons. The monoisotopic (exact) mass is 250 g/mol. The molecule has 0 aliphatic carbocycles. The zero-order valence-corrected chi connectivity index (χ0v) is 11.2. The van der Waals surface area contributed by atoms with Crippen molar-refractivity contribution in [2.75, 3.05) is 45.4 Å². The van der Waals surface area contributed by atoms with Gasteiger partial charge in [0.15, 0.2) is 0 Å². The fourth-order valence-corrected chi connectivity index (χ4v) is 2.42. The largest absolute Gasteiger partial charge is 0.491 e. The fourth-order valence-electron chi connectivity index (χ4n) is 2.42. The third-order valence-corrected chi connectivity index (χ3v) is 3.22. The number of anilines is 1. The molecule has 1 unspecified atom stereocenters. The molecule has 0 fully saturated rings. The summed E-state index contributed by atoms with van der Waals surface area (Å²) < 4.78 is 11.1. The van der Waals surface area contributed by atoms with Crippen molar-refractivity contribution in [2.45, 2.75) is 12.5 Å². The molecular weight excluding hydrogens is 228 g/mol. The minimum absolute atomic E-state index is 0.336. The first kappa shape index (κ1) is 13.2. The van der Waals surface area contributed by atoms with E-state index in [9.17, 15) is 0 Å². The fraction of sp³-hybridized carbons (Fsp3) is 0.571. The highest BCUT2D eigenvalue weighted by molar-refractivity contribution is 5.59. The Bertz CT molecular complexity index is 365. The molecule has 0 aromatic heterocycles. The van der Waals surface area contributed by atoms with Gasteiger partial charge in [-0.15, -0.1) is 0 Å². The number of rotatable bonds is 5. The second-order valence-electron chi connectivity index (χ2n) is 4.53. The molecule has 18 heavy (non-hydrogen) atoms. The van der Waals surface area contributed by atoms with Crippen molar-refractivity contribution in [3.8, 4) is 5.75 Å². The van der Waals surface area contributed by atoms with Gasteiger partial charge in [-0.3, -0.25) is 0 Å². The van der Waals surface area contributed by atoms with E-state index in [0.717, 1.165) is 38.5 Å². The van der Waals surface area contributed by atoms with Crippen molar-refractivity contribution in [1.82, 2.24) is 5.32 Å². The van der Waals surface area contributed by atoms with E-state index in [4.69, 9.17) is 9.47 Å². The van der Waals surface area contributed by atoms with Crippen LogP contribution < -0.4 is 15.0 Å². The zero-order chi connectivity index (χ0) is 12.8. The molecule has 0 saturated heterocycles. The van der Waals surface area contributed by atoms with Crippen molar-refractivity contribution >= 4 is 5.69 Å². The Labute approximate surface area is 109 Å². The Morgan fingerprint density at radius 3 is 3.06 bits per heavy atom. The second kappa shape index (κ2) is 6.61. The molecule has 4 nitrogen and oxygen atoms in total. The number of benzene rings is 1. The summed E-state index contributed by atoms with van der Waals surface area (Å²) in [6, 6.07) is 8.58. The maximum atomic E-state index is 5.78. The lowest BCUT2D eigenvalue weighted by Crippen LogP contribution is -2.45. The van der Waals surface area contributed by atoms with Gasteiger partial charge in [0.05, 0.1) is 24.9 Å². The number of nitrogens with zero attached hydrogens (tertiary/aromatic N) is 1. The van der Waals surface area contributed by atoms with E-state index in [0.29, 0.717) is 6.04 Å². The summed E-state index contributed by atoms with van der Waals surface area (Å²) in [5.41, 5.74) is 1.17. The summed E-state index contributed by atoms with van der Waals surface area (Å²) in [5.74, 6) is 0.979. The molecule has 0 saturated carbocycles. The summed E-state index contributed by atoms with van der Waals surface area (Å²) >= 11 is 0. The van der Waals surface area contributed by atoms with Gasteiger partial charge in [-0.25, -0.2) is 0 Å². The maximum absolute atomic E-state index is 5.78. The molecule has 1 aromatic carbocycles. The summed E-state index contributed by atoms with van der Waals surface area (Å²) in [7, 11) is 3.73. The lowest BCUT2D eigenvalue weighted by molar-refractivity contribution is 0.176. The van der Waals surface area contributed by atoms with Crippen LogP contribution in [0.3, 0.4) is 0 Å². The molecule has 4 heteroatoms. The van der Waals surface area contributed by atoms with Crippen LogP contribution >= 0.6 is 0 Å². The van der Waals surface area contributed by atoms with Crippen LogP contribution in [0.25, 0.3) is 0 Å². The molecule has 2 rings (SSSR count). The summed E-state index contributed by atoms with van der Waals surface area (Å²) in [4.78, 5) is 2.39. The molecule has 100 valence electrons. The third-order valence-electron chi connectivity index (χ3n) is 3.22. The minimum atomic E-state index is 0.336. The molecule has 1 heterocycles. The van der Waals surface area contributed by atoms with Gasteiger partial charge in [0.25, 0.3) is 0 Å². The van der Waals surface area contributed by atoms with Crippen molar-refractivity contribution < 1.29 is 9.47 Å². The molecule has 1 N–H and O–H groups in total. The predicted molar refractivity (Wildman–Crippen MR) is 73.5 cm³/mol. The minimum Gasteiger partial charge on any atom is -0.491 e. The number of para-hydroxylation sites is 2. The average molecular weight is 250 g/mol. The van der Waals surface area contributed by atoms with E-state index in [-0.39, 0.29) is 0 Å². The lowest BCUT2D eigenvalue weighted by atomic mass is 10.2. The van der Waals surface area contributed by atoms with Gasteiger partial charge in [0, 0.05) is 20.2 Å². The second-order valence-corrected chi connectivity index (χ2v) is 4.53. The molecule has 1 aliphatic heterocycles. The van der Waals surface area contributed by atoms with E-state index >= 15 is 0 Å². The van der Waals surface area contributed by atoms with Gasteiger partial charge in [0.2, 0.25) is 0 Å². The van der Waals surface area contributed by atoms with Crippen molar-refractivity contribution in [3.05, 3.63) is 24.3 Å². The first-order valence-corrected chi connectivity index (χ1v) is 6.49. The SMILES string of the molecule is CNCC(COC)N1CCCOc2ccccc21. The normalized spacial score (nSPS) is 16.7. The average Bonchev–Trinajstić information content (AvgIpc) is 2.61. The Balaban J connectivity index is 2.24. The Morgan fingerprint density at radius 2 is 2.28 bits per heavy atom. The van der Waals surface area contributed by atoms with Gasteiger partial charge in [-0.1, -0.05) is 12.1 Å². The van der Waals surface area contributed by atoms with Gasteiger partial charge >= 0.3 is 0 Å². The number of methoxy groups -OCH3 is 1. The van der Waals surface area contributed by atoms with E-state index < -0.39 is 0 Å². The lowest BCUT2D eigenvalue weighted by Gasteiger charge is -2.32. The van der Waals surface area contributed by atoms with Crippen LogP contribution in [0.5, 0.6) is 5.75 Å². The van der Waals surface area contributed by atoms with Gasteiger partial charge in [-0.05, 0) is 25.6 Å². The summed E-state index contributed by atoms with van der Waals surface area (Å²) in [6.07, 6.45) is 1.04. The first-order chi connectivity index (χ1) is 8.86. The summed E-state index contributed by atoms with van der Waals surface area (Å²) in [6.45, 7) is 3.41. The van der Waals surface area contributed by atoms with E-state index in [2.05, 4.69) is 22.3 Å². The van der Waals surface area contributed by atoms with Crippen LogP contribution in [0.4, 0.5) is 5.69 Å². The predicted octanol–water partition coefficient (Wildman–Crippen LogP) is 1.51. The number of likely N-dealkylation sites (N-methyl/N-ethyl adjacent to an activating group) is 1. The van der Waals surface area contributed by atoms with Crippen LogP contribution in [0.2, 0.25) is 0 Å². The number of nitrogens with one attached hydrogen (secondary N) is 1. The van der Waals surface area contributed by atoms with Crippen LogP contribution in [-0.2, 0) is 4.74 Å². The third kappa shape index (κ3) is 2.94. The molecule has 0 amide bonds. The molecule has 1 aromatic rings. The van der Waals surface area contributed by atoms with Gasteiger partial charge in [0.1, 0.15) is 5.75 Å². The molecular formula is C14H22N2O2. The molecule has 1 atom stereocenters. The molecule has 0 bridgehead atoms. The highest BCUT2D eigenvalue weighted by atomic mass is 16.5. The zero-order valence-electron chi connectivity index (χ0n) is 11.2. The van der Waals surface area contributed by atoms with Crippen molar-refractivity contribution in [2.24, 2.45) is 0 Å². The Hall–Kier alpha value is -1.26. The smallest absolute Gasteiger partial charge is 0.142 e. The molecule has 1 aliphatic rings. The van der Waals surface area contributed by atoms with Crippen LogP contribution in [0.1, 0.15) is 6.42 Å². The molecule has 0 spiro atoms. The van der Waals surface area contributed by atoms with Gasteiger partial charge in [-0.2, -0.15) is 0 Å². The first-order valence-electron chi connectivity index (χ1n) is 6.49. The van der Waals surface area contributed by atoms with E-state index in [1.807, 2.05) is 19.2 Å². The Morgan fingerprint density at radius 1 is 1.44 bits per heavy atom. The number of fused-ring (bicyclic) bond motifs is 1. The summed E-state index contributed by atoms with van der Waals surface area (Å²) in [5, 5.41) is 3.24. The highest BCUT2D eigenvalue weighted by Crippen LogP contribution is 2.31. The Kier molecular flexibility index (Phi) is 4.84.